The average molecular weight is 719 g/mol. The summed E-state index contributed by atoms with van der Waals surface area (Å²) in [4.78, 5) is 51.7. The van der Waals surface area contributed by atoms with E-state index in [0.29, 0.717) is 17.4 Å². The summed E-state index contributed by atoms with van der Waals surface area (Å²) in [7, 11) is 2.61. The monoisotopic (exact) mass is 718 g/mol. The summed E-state index contributed by atoms with van der Waals surface area (Å²) in [5.41, 5.74) is 0.328. The summed E-state index contributed by atoms with van der Waals surface area (Å²) >= 11 is 0. The Kier molecular flexibility index (Phi) is 11.7. The van der Waals surface area contributed by atoms with Crippen molar-refractivity contribution in [3.05, 3.63) is 13.8 Å². The molecule has 4 amide bonds. The van der Waals surface area contributed by atoms with E-state index in [0.717, 1.165) is 25.8 Å². The maximum absolute atomic E-state index is 12.7. The summed E-state index contributed by atoms with van der Waals surface area (Å²) < 4.78 is 9.18. The average Bonchev–Trinajstić information content (AvgIpc) is 3.17. The molecule has 2 aliphatic carbocycles. The van der Waals surface area contributed by atoms with Gasteiger partial charge in [0, 0.05) is 12.6 Å². The number of carbonyl (C=O) groups excluding carboxylic acids is 4. The summed E-state index contributed by atoms with van der Waals surface area (Å²) in [6.45, 7) is 16.7. The van der Waals surface area contributed by atoms with Crippen LogP contribution >= 0.6 is 0 Å². The van der Waals surface area contributed by atoms with Crippen molar-refractivity contribution in [2.24, 2.45) is 23.2 Å². The van der Waals surface area contributed by atoms with Crippen LogP contribution in [0.4, 0.5) is 9.59 Å². The standard InChI is InChI=1S/2C14H23N2O3.W/c1-9(2)11(15-13(18)19-4)12(17)16-8-14(5-6-14)7-10(16)3;1-8(2)12(15-14(18)19-4)13(17)16-9(3)10-5-6-11(16)7-10;/h9-11H,3,5-8H2,1-2,4H3,(H,15,18);8-12H,3,5-7H2,1-2,4H3,(H,15,18);/q2*-1;+2/t10-,11+;9-,10+,11-,12+;/m11./s1. The van der Waals surface area contributed by atoms with E-state index in [1.165, 1.54) is 33.5 Å². The normalized spacial score (nSPS) is 27.3. The molecule has 11 heteroatoms. The molecule has 2 aliphatic heterocycles. The molecule has 1 spiro atoms. The molecule has 2 saturated carbocycles. The van der Waals surface area contributed by atoms with E-state index in [9.17, 15) is 19.2 Å². The molecular formula is C28H46N4O6W. The molecule has 0 radical (unpaired) electrons. The second-order valence-corrected chi connectivity index (χ2v) is 12.1. The molecule has 6 atom stereocenters. The van der Waals surface area contributed by atoms with Crippen molar-refractivity contribution in [2.45, 2.75) is 96.4 Å². The summed E-state index contributed by atoms with van der Waals surface area (Å²) in [6.07, 6.45) is 5.54. The number of ether oxygens (including phenoxy) is 2. The van der Waals surface area contributed by atoms with Crippen LogP contribution in [0.3, 0.4) is 0 Å². The smallest absolute Gasteiger partial charge is 0.453 e. The van der Waals surface area contributed by atoms with Crippen molar-refractivity contribution in [2.75, 3.05) is 20.8 Å². The number of alkyl carbamates (subject to hydrolysis) is 2. The minimum atomic E-state index is -0.562. The second-order valence-electron chi connectivity index (χ2n) is 12.1. The molecule has 10 nitrogen and oxygen atoms in total. The quantitative estimate of drug-likeness (QED) is 0.408. The van der Waals surface area contributed by atoms with Crippen molar-refractivity contribution in [3.63, 3.8) is 0 Å². The van der Waals surface area contributed by atoms with Crippen LogP contribution < -0.4 is 10.6 Å². The van der Waals surface area contributed by atoms with E-state index in [2.05, 4.69) is 34.0 Å². The first-order valence-electron chi connectivity index (χ1n) is 13.8. The molecule has 2 saturated heterocycles. The van der Waals surface area contributed by atoms with Gasteiger partial charge in [-0.3, -0.25) is 9.59 Å². The Morgan fingerprint density at radius 2 is 1.38 bits per heavy atom. The third-order valence-corrected chi connectivity index (χ3v) is 8.63. The van der Waals surface area contributed by atoms with Gasteiger partial charge in [-0.2, -0.15) is 0 Å². The number of fused-ring (bicyclic) bond motifs is 2. The Morgan fingerprint density at radius 1 is 0.872 bits per heavy atom. The van der Waals surface area contributed by atoms with E-state index in [4.69, 9.17) is 0 Å². The van der Waals surface area contributed by atoms with Crippen LogP contribution in [0.15, 0.2) is 0 Å². The number of likely N-dealkylation sites (tertiary alicyclic amines) is 2. The molecule has 2 N–H and O–H groups in total. The van der Waals surface area contributed by atoms with E-state index in [-0.39, 0.29) is 56.8 Å². The van der Waals surface area contributed by atoms with Gasteiger partial charge in [0.05, 0.1) is 14.2 Å². The fourth-order valence-corrected chi connectivity index (χ4v) is 6.14. The molecule has 39 heavy (non-hydrogen) atoms. The first-order chi connectivity index (χ1) is 17.8. The molecule has 4 fully saturated rings. The maximum atomic E-state index is 12.7. The van der Waals surface area contributed by atoms with Crippen molar-refractivity contribution in [3.8, 4) is 0 Å². The molecule has 4 rings (SSSR count). The van der Waals surface area contributed by atoms with Crippen LogP contribution in [-0.4, -0.2) is 84.8 Å². The van der Waals surface area contributed by atoms with Gasteiger partial charge in [0.25, 0.3) is 0 Å². The number of nitrogens with one attached hydrogen (secondary N) is 2. The number of methoxy groups -OCH3 is 2. The molecule has 0 unspecified atom stereocenters. The summed E-state index contributed by atoms with van der Waals surface area (Å²) in [5, 5.41) is 5.27. The summed E-state index contributed by atoms with van der Waals surface area (Å²) in [5.74, 6) is 0.518. The number of hydrogen-bond acceptors (Lipinski definition) is 6. The Bertz CT molecular complexity index is 893. The molecular weight excluding hydrogens is 672 g/mol. The zero-order valence-corrected chi connectivity index (χ0v) is 27.2. The minimum Gasteiger partial charge on any atom is -0.453 e. The zero-order valence-electron chi connectivity index (χ0n) is 24.2. The van der Waals surface area contributed by atoms with Gasteiger partial charge in [0.1, 0.15) is 12.1 Å². The fraction of sp³-hybridized carbons (Fsp3) is 0.786. The van der Waals surface area contributed by atoms with Gasteiger partial charge in [-0.1, -0.05) is 46.2 Å². The van der Waals surface area contributed by atoms with Crippen LogP contribution in [0, 0.1) is 37.0 Å². The van der Waals surface area contributed by atoms with Gasteiger partial charge in [-0.15, -0.1) is 0 Å². The minimum absolute atomic E-state index is 0. The van der Waals surface area contributed by atoms with Crippen LogP contribution in [0.5, 0.6) is 0 Å². The molecule has 4 aliphatic rings. The molecule has 2 bridgehead atoms. The van der Waals surface area contributed by atoms with Crippen molar-refractivity contribution < 1.29 is 49.7 Å². The van der Waals surface area contributed by atoms with Crippen molar-refractivity contribution >= 4 is 24.0 Å². The number of amides is 4. The second kappa shape index (κ2) is 13.7. The van der Waals surface area contributed by atoms with Crippen molar-refractivity contribution in [1.29, 1.82) is 0 Å². The van der Waals surface area contributed by atoms with E-state index >= 15 is 0 Å². The Morgan fingerprint density at radius 3 is 1.77 bits per heavy atom. The number of hydrogen-bond donors (Lipinski definition) is 2. The van der Waals surface area contributed by atoms with E-state index in [1.54, 1.807) is 0 Å². The van der Waals surface area contributed by atoms with Gasteiger partial charge in [-0.25, -0.2) is 9.59 Å². The van der Waals surface area contributed by atoms with Crippen LogP contribution in [0.25, 0.3) is 0 Å². The van der Waals surface area contributed by atoms with Crippen LogP contribution in [-0.2, 0) is 40.1 Å². The zero-order chi connectivity index (χ0) is 28.4. The van der Waals surface area contributed by atoms with Gasteiger partial charge in [-0.05, 0) is 55.3 Å². The number of carbonyl (C=O) groups is 4. The van der Waals surface area contributed by atoms with Gasteiger partial charge < -0.3 is 43.8 Å². The summed E-state index contributed by atoms with van der Waals surface area (Å²) in [6, 6.07) is -0.690. The van der Waals surface area contributed by atoms with Crippen LogP contribution in [0.2, 0.25) is 0 Å². The third-order valence-electron chi connectivity index (χ3n) is 8.63. The maximum Gasteiger partial charge on any atom is 2.00 e. The number of nitrogens with zero attached hydrogens (tertiary/aromatic N) is 2. The molecule has 0 aromatic heterocycles. The SMILES string of the molecule is [CH2-][C@@H]1CC2(CC2)CN1C(=O)[C@@H](NC(=O)OC)C(C)C.[CH2-][C@@H]1[C@H]2CC[C@H](C2)N1C(=O)[C@@H](NC(=O)OC)C(C)C.[W+2]. The first-order valence-corrected chi connectivity index (χ1v) is 13.8. The molecule has 0 aromatic carbocycles. The van der Waals surface area contributed by atoms with E-state index < -0.39 is 24.3 Å². The van der Waals surface area contributed by atoms with Gasteiger partial charge in [0.2, 0.25) is 11.8 Å². The molecule has 220 valence electrons. The molecule has 0 aromatic rings. The van der Waals surface area contributed by atoms with Crippen molar-refractivity contribution in [1.82, 2.24) is 20.4 Å². The topological polar surface area (TPSA) is 117 Å². The molecule has 2 heterocycles. The van der Waals surface area contributed by atoms with Crippen LogP contribution in [0.1, 0.15) is 66.2 Å². The van der Waals surface area contributed by atoms with Gasteiger partial charge in [0.15, 0.2) is 0 Å². The predicted molar refractivity (Wildman–Crippen MR) is 143 cm³/mol. The fourth-order valence-electron chi connectivity index (χ4n) is 6.14. The first kappa shape index (κ1) is 33.4. The Labute approximate surface area is 247 Å². The predicted octanol–water partition coefficient (Wildman–Crippen LogP) is 3.16. The Hall–Kier alpha value is -1.83. The van der Waals surface area contributed by atoms with Gasteiger partial charge >= 0.3 is 33.3 Å². The number of piperidine rings is 1. The largest absolute Gasteiger partial charge is 2.00 e. The van der Waals surface area contributed by atoms with E-state index in [1.807, 2.05) is 37.5 Å². The number of rotatable bonds is 6. The Balaban J connectivity index is 0.000000267. The third kappa shape index (κ3) is 7.68.